The third-order valence-corrected chi connectivity index (χ3v) is 6.10. The van der Waals surface area contributed by atoms with Crippen LogP contribution in [0.1, 0.15) is 11.3 Å². The van der Waals surface area contributed by atoms with E-state index in [9.17, 15) is 4.79 Å². The van der Waals surface area contributed by atoms with E-state index >= 15 is 0 Å². The Morgan fingerprint density at radius 3 is 2.73 bits per heavy atom. The molecule has 0 saturated heterocycles. The van der Waals surface area contributed by atoms with Crippen LogP contribution in [-0.2, 0) is 17.6 Å². The summed E-state index contributed by atoms with van der Waals surface area (Å²) in [7, 11) is 0. The van der Waals surface area contributed by atoms with Gasteiger partial charge in [-0.25, -0.2) is 4.98 Å². The highest BCUT2D eigenvalue weighted by molar-refractivity contribution is 7.13. The lowest BCUT2D eigenvalue weighted by Gasteiger charge is -2.23. The van der Waals surface area contributed by atoms with Gasteiger partial charge in [0.05, 0.1) is 23.5 Å². The van der Waals surface area contributed by atoms with Crippen molar-refractivity contribution in [3.05, 3.63) is 89.7 Å². The maximum Gasteiger partial charge on any atom is 0.230 e. The van der Waals surface area contributed by atoms with E-state index in [1.165, 1.54) is 22.6 Å². The highest BCUT2D eigenvalue weighted by atomic mass is 32.1. The Hall–Kier alpha value is -3.51. The van der Waals surface area contributed by atoms with Crippen LogP contribution in [0.3, 0.4) is 0 Å². The van der Waals surface area contributed by atoms with E-state index in [-0.39, 0.29) is 12.3 Å². The number of nitrogens with zero attached hydrogens (tertiary/aromatic N) is 3. The molecule has 1 amide bonds. The van der Waals surface area contributed by atoms with Crippen LogP contribution in [0.15, 0.2) is 78.4 Å². The van der Waals surface area contributed by atoms with Crippen molar-refractivity contribution in [2.24, 2.45) is 0 Å². The molecule has 6 heteroatoms. The largest absolute Gasteiger partial charge is 0.339 e. The van der Waals surface area contributed by atoms with E-state index in [0.717, 1.165) is 40.6 Å². The minimum absolute atomic E-state index is 0.0713. The fourth-order valence-electron chi connectivity index (χ4n) is 3.77. The van der Waals surface area contributed by atoms with Gasteiger partial charge in [-0.3, -0.25) is 9.78 Å². The fourth-order valence-corrected chi connectivity index (χ4v) is 4.58. The number of aromatic nitrogens is 2. The van der Waals surface area contributed by atoms with Gasteiger partial charge in [-0.1, -0.05) is 30.3 Å². The Kier molecular flexibility index (Phi) is 4.99. The molecule has 2 aromatic carbocycles. The molecule has 1 aliphatic rings. The van der Waals surface area contributed by atoms with Crippen molar-refractivity contribution >= 4 is 34.3 Å². The first-order chi connectivity index (χ1) is 14.8. The molecule has 1 aliphatic heterocycles. The van der Waals surface area contributed by atoms with E-state index in [1.54, 1.807) is 12.4 Å². The molecular weight excluding hydrogens is 392 g/mol. The summed E-state index contributed by atoms with van der Waals surface area (Å²) in [6.07, 6.45) is 4.77. The summed E-state index contributed by atoms with van der Waals surface area (Å²) in [6.45, 7) is 0.910. The molecule has 3 heterocycles. The molecule has 1 N–H and O–H groups in total. The quantitative estimate of drug-likeness (QED) is 0.497. The van der Waals surface area contributed by atoms with Crippen LogP contribution in [0, 0.1) is 0 Å². The number of rotatable bonds is 5. The molecule has 0 saturated carbocycles. The van der Waals surface area contributed by atoms with Gasteiger partial charge in [0.25, 0.3) is 0 Å². The van der Waals surface area contributed by atoms with Crippen molar-refractivity contribution in [2.45, 2.75) is 12.8 Å². The summed E-state index contributed by atoms with van der Waals surface area (Å²) in [4.78, 5) is 23.8. The number of para-hydroxylation sites is 3. The topological polar surface area (TPSA) is 58.1 Å². The van der Waals surface area contributed by atoms with Crippen molar-refractivity contribution in [1.29, 1.82) is 0 Å². The normalized spacial score (nSPS) is 12.6. The molecule has 148 valence electrons. The summed E-state index contributed by atoms with van der Waals surface area (Å²) in [6, 6.07) is 20.3. The first-order valence-electron chi connectivity index (χ1n) is 9.87. The van der Waals surface area contributed by atoms with Gasteiger partial charge in [-0.15, -0.1) is 11.3 Å². The number of amides is 1. The van der Waals surface area contributed by atoms with Crippen molar-refractivity contribution in [3.63, 3.8) is 0 Å². The van der Waals surface area contributed by atoms with Gasteiger partial charge < -0.3 is 10.2 Å². The molecule has 30 heavy (non-hydrogen) atoms. The lowest BCUT2D eigenvalue weighted by atomic mass is 10.1. The van der Waals surface area contributed by atoms with E-state index in [2.05, 4.69) is 50.5 Å². The van der Waals surface area contributed by atoms with Gasteiger partial charge in [-0.05, 0) is 42.3 Å². The predicted molar refractivity (Wildman–Crippen MR) is 121 cm³/mol. The smallest absolute Gasteiger partial charge is 0.230 e. The number of thiazole rings is 1. The van der Waals surface area contributed by atoms with Crippen LogP contribution >= 0.6 is 11.3 Å². The molecule has 2 aromatic heterocycles. The van der Waals surface area contributed by atoms with Gasteiger partial charge in [0.15, 0.2) is 0 Å². The third-order valence-electron chi connectivity index (χ3n) is 5.16. The average Bonchev–Trinajstić information content (AvgIpc) is 3.42. The summed E-state index contributed by atoms with van der Waals surface area (Å²) < 4.78 is 0. The lowest BCUT2D eigenvalue weighted by Crippen LogP contribution is -2.19. The summed E-state index contributed by atoms with van der Waals surface area (Å²) >= 11 is 1.53. The first kappa shape index (κ1) is 18.5. The van der Waals surface area contributed by atoms with Gasteiger partial charge in [0.1, 0.15) is 5.01 Å². The zero-order chi connectivity index (χ0) is 20.3. The zero-order valence-corrected chi connectivity index (χ0v) is 17.1. The Morgan fingerprint density at radius 1 is 1.03 bits per heavy atom. The van der Waals surface area contributed by atoms with Crippen LogP contribution in [0.4, 0.5) is 17.1 Å². The van der Waals surface area contributed by atoms with Gasteiger partial charge in [0, 0.05) is 35.6 Å². The molecular formula is C24H20N4OS. The molecule has 5 nitrogen and oxygen atoms in total. The molecule has 0 unspecified atom stereocenters. The molecule has 4 aromatic rings. The van der Waals surface area contributed by atoms with Crippen LogP contribution in [0.5, 0.6) is 0 Å². The number of carbonyl (C=O) groups excluding carboxylic acids is 1. The minimum atomic E-state index is -0.0713. The number of nitrogens with one attached hydrogen (secondary N) is 1. The van der Waals surface area contributed by atoms with E-state index in [4.69, 9.17) is 0 Å². The molecule has 0 radical (unpaired) electrons. The zero-order valence-electron chi connectivity index (χ0n) is 16.3. The number of carbonyl (C=O) groups is 1. The number of pyridine rings is 1. The van der Waals surface area contributed by atoms with Crippen LogP contribution in [0.2, 0.25) is 0 Å². The van der Waals surface area contributed by atoms with Crippen molar-refractivity contribution in [2.75, 3.05) is 16.8 Å². The number of benzene rings is 2. The Balaban J connectivity index is 1.33. The number of hydrogen-bond acceptors (Lipinski definition) is 5. The maximum atomic E-state index is 12.8. The third kappa shape index (κ3) is 3.69. The SMILES string of the molecule is O=C(Cc1csc(-c2cccnc2)n1)Nc1ccccc1N1CCc2ccccc21. The van der Waals surface area contributed by atoms with Crippen molar-refractivity contribution in [1.82, 2.24) is 9.97 Å². The fraction of sp³-hybridized carbons (Fsp3) is 0.125. The molecule has 0 atom stereocenters. The molecule has 5 rings (SSSR count). The lowest BCUT2D eigenvalue weighted by molar-refractivity contribution is -0.115. The van der Waals surface area contributed by atoms with Gasteiger partial charge >= 0.3 is 0 Å². The molecule has 0 bridgehead atoms. The average molecular weight is 413 g/mol. The van der Waals surface area contributed by atoms with E-state index in [0.29, 0.717) is 0 Å². The predicted octanol–water partition coefficient (Wildman–Crippen LogP) is 5.08. The van der Waals surface area contributed by atoms with Crippen molar-refractivity contribution in [3.8, 4) is 10.6 Å². The Labute approximate surface area is 179 Å². The first-order valence-corrected chi connectivity index (χ1v) is 10.7. The standard InChI is InChI=1S/C24H20N4OS/c29-23(14-19-16-30-24(26-19)18-7-5-12-25-15-18)27-20-8-2-4-10-22(20)28-13-11-17-6-1-3-9-21(17)28/h1-10,12,15-16H,11,13-14H2,(H,27,29). The maximum absolute atomic E-state index is 12.8. The number of anilines is 3. The minimum Gasteiger partial charge on any atom is -0.339 e. The second-order valence-corrected chi connectivity index (χ2v) is 8.02. The molecule has 0 spiro atoms. The summed E-state index contributed by atoms with van der Waals surface area (Å²) in [5.74, 6) is -0.0713. The van der Waals surface area contributed by atoms with Crippen LogP contribution in [0.25, 0.3) is 10.6 Å². The number of hydrogen-bond donors (Lipinski definition) is 1. The van der Waals surface area contributed by atoms with E-state index < -0.39 is 0 Å². The monoisotopic (exact) mass is 412 g/mol. The van der Waals surface area contributed by atoms with Gasteiger partial charge in [-0.2, -0.15) is 0 Å². The van der Waals surface area contributed by atoms with Gasteiger partial charge in [0.2, 0.25) is 5.91 Å². The highest BCUT2D eigenvalue weighted by Gasteiger charge is 2.22. The summed E-state index contributed by atoms with van der Waals surface area (Å²) in [5.41, 5.74) is 6.11. The van der Waals surface area contributed by atoms with E-state index in [1.807, 2.05) is 35.7 Å². The molecule has 0 fully saturated rings. The Bertz CT molecular complexity index is 1190. The summed E-state index contributed by atoms with van der Waals surface area (Å²) in [5, 5.41) is 5.90. The number of fused-ring (bicyclic) bond motifs is 1. The highest BCUT2D eigenvalue weighted by Crippen LogP contribution is 2.38. The van der Waals surface area contributed by atoms with Crippen LogP contribution < -0.4 is 10.2 Å². The second-order valence-electron chi connectivity index (χ2n) is 7.16. The Morgan fingerprint density at radius 2 is 1.87 bits per heavy atom. The van der Waals surface area contributed by atoms with Crippen molar-refractivity contribution < 1.29 is 4.79 Å². The second kappa shape index (κ2) is 8.08. The van der Waals surface area contributed by atoms with Crippen LogP contribution in [-0.4, -0.2) is 22.4 Å². The molecule has 0 aliphatic carbocycles.